The van der Waals surface area contributed by atoms with Crippen LogP contribution in [0.4, 0.5) is 0 Å². The summed E-state index contributed by atoms with van der Waals surface area (Å²) in [5.41, 5.74) is 0. The zero-order valence-corrected chi connectivity index (χ0v) is 48.1. The Kier molecular flexibility index (Phi) is 51.6. The molecule has 0 spiro atoms. The number of carbonyl (C=O) groups excluding carboxylic acids is 1. The molecule has 0 aromatic rings. The highest BCUT2D eigenvalue weighted by Crippen LogP contribution is 2.38. The van der Waals surface area contributed by atoms with E-state index in [1.54, 1.807) is 0 Å². The third kappa shape index (κ3) is 54.5. The lowest BCUT2D eigenvalue weighted by atomic mass is 10.0. The molecule has 414 valence electrons. The van der Waals surface area contributed by atoms with Crippen molar-refractivity contribution in [3.63, 3.8) is 0 Å². The molecule has 8 nitrogen and oxygen atoms in total. The molecule has 9 heteroatoms. The van der Waals surface area contributed by atoms with E-state index in [0.717, 1.165) is 51.4 Å². The van der Waals surface area contributed by atoms with Gasteiger partial charge < -0.3 is 28.8 Å². The monoisotopic (exact) mass is 1010 g/mol. The number of carbonyl (C=O) groups is 1. The number of unbranched alkanes of at least 4 members (excludes halogenated alkanes) is 37. The van der Waals surface area contributed by atoms with Crippen LogP contribution in [0.2, 0.25) is 0 Å². The summed E-state index contributed by atoms with van der Waals surface area (Å²) < 4.78 is 23.2. The summed E-state index contributed by atoms with van der Waals surface area (Å²) in [5, 5.41) is 13.8. The quantitative estimate of drug-likeness (QED) is 0.0272. The maximum Gasteiger partial charge on any atom is 0.268 e. The van der Waals surface area contributed by atoms with Gasteiger partial charge in [0.2, 0.25) is 5.91 Å². The smallest absolute Gasteiger partial charge is 0.268 e. The topological polar surface area (TPSA) is 108 Å². The van der Waals surface area contributed by atoms with E-state index in [9.17, 15) is 19.4 Å². The Morgan fingerprint density at radius 1 is 0.500 bits per heavy atom. The van der Waals surface area contributed by atoms with Crippen molar-refractivity contribution in [2.45, 2.75) is 309 Å². The molecule has 3 atom stereocenters. The number of nitrogens with zero attached hydrogens (tertiary/aromatic N) is 1. The number of amides is 1. The van der Waals surface area contributed by atoms with Crippen LogP contribution in [0.5, 0.6) is 0 Å². The van der Waals surface area contributed by atoms with Gasteiger partial charge in [-0.05, 0) is 51.4 Å². The molecule has 0 heterocycles. The van der Waals surface area contributed by atoms with Gasteiger partial charge in [-0.2, -0.15) is 0 Å². The summed E-state index contributed by atoms with van der Waals surface area (Å²) in [7, 11) is 1.31. The number of hydrogen-bond acceptors (Lipinski definition) is 6. The SMILES string of the molecule is CCCCCCC/C=C\C/C=C\C/C=C\CCCCCCCCCCCCCCCCCCCCCCCCCCCCC(=O)NC(COP(=O)([O-])OCC[N+](C)(C)C)C(O)CCCCCCCCC. The van der Waals surface area contributed by atoms with E-state index in [0.29, 0.717) is 23.9 Å². The molecule has 0 bridgehead atoms. The Morgan fingerprint density at radius 3 is 1.20 bits per heavy atom. The molecule has 0 aliphatic rings. The Hall–Kier alpha value is -1.28. The van der Waals surface area contributed by atoms with Gasteiger partial charge in [-0.25, -0.2) is 0 Å². The zero-order chi connectivity index (χ0) is 51.3. The van der Waals surface area contributed by atoms with Crippen LogP contribution < -0.4 is 10.2 Å². The minimum absolute atomic E-state index is 0.0137. The summed E-state index contributed by atoms with van der Waals surface area (Å²) in [5.74, 6) is -0.164. The first-order chi connectivity index (χ1) is 34.0. The van der Waals surface area contributed by atoms with Crippen LogP contribution in [0, 0.1) is 0 Å². The molecule has 0 aliphatic heterocycles. The van der Waals surface area contributed by atoms with E-state index >= 15 is 0 Å². The third-order valence-electron chi connectivity index (χ3n) is 13.9. The molecule has 70 heavy (non-hydrogen) atoms. The van der Waals surface area contributed by atoms with Crippen molar-refractivity contribution in [2.24, 2.45) is 0 Å². The molecule has 0 aromatic carbocycles. The van der Waals surface area contributed by atoms with E-state index in [1.165, 1.54) is 218 Å². The second-order valence-corrected chi connectivity index (χ2v) is 23.5. The molecule has 0 rings (SSSR count). The van der Waals surface area contributed by atoms with Crippen LogP contribution >= 0.6 is 7.82 Å². The first-order valence-corrected chi connectivity index (χ1v) is 31.8. The van der Waals surface area contributed by atoms with Crippen LogP contribution in [0.1, 0.15) is 296 Å². The van der Waals surface area contributed by atoms with Gasteiger partial charge in [0.25, 0.3) is 7.82 Å². The first kappa shape index (κ1) is 68.7. The molecule has 0 fully saturated rings. The van der Waals surface area contributed by atoms with E-state index in [2.05, 4.69) is 55.6 Å². The number of likely N-dealkylation sites (N-methyl/N-ethyl adjacent to an activating group) is 1. The van der Waals surface area contributed by atoms with Crippen LogP contribution in [-0.2, 0) is 18.4 Å². The molecule has 3 unspecified atom stereocenters. The summed E-state index contributed by atoms with van der Waals surface area (Å²) >= 11 is 0. The number of phosphoric ester groups is 1. The molecule has 1 amide bonds. The number of quaternary nitrogens is 1. The fraction of sp³-hybridized carbons (Fsp3) is 0.885. The summed E-state index contributed by atoms with van der Waals surface area (Å²) in [6.45, 7) is 4.68. The van der Waals surface area contributed by atoms with Crippen LogP contribution in [-0.4, -0.2) is 68.5 Å². The predicted octanol–water partition coefficient (Wildman–Crippen LogP) is 17.9. The number of rotatable bonds is 56. The largest absolute Gasteiger partial charge is 0.756 e. The van der Waals surface area contributed by atoms with Gasteiger partial charge in [-0.3, -0.25) is 9.36 Å². The Balaban J connectivity index is 3.70. The van der Waals surface area contributed by atoms with Gasteiger partial charge in [-0.15, -0.1) is 0 Å². The van der Waals surface area contributed by atoms with Gasteiger partial charge in [0.15, 0.2) is 0 Å². The lowest BCUT2D eigenvalue weighted by molar-refractivity contribution is -0.870. The van der Waals surface area contributed by atoms with E-state index in [1.807, 2.05) is 21.1 Å². The van der Waals surface area contributed by atoms with Gasteiger partial charge >= 0.3 is 0 Å². The molecule has 0 saturated heterocycles. The van der Waals surface area contributed by atoms with Crippen molar-refractivity contribution in [3.05, 3.63) is 36.5 Å². The maximum atomic E-state index is 12.9. The van der Waals surface area contributed by atoms with Gasteiger partial charge in [-0.1, -0.05) is 275 Å². The van der Waals surface area contributed by atoms with Gasteiger partial charge in [0, 0.05) is 6.42 Å². The Bertz CT molecular complexity index is 1230. The summed E-state index contributed by atoms with van der Waals surface area (Å²) in [6.07, 6.45) is 68.2. The molecular formula is C61H119N2O6P. The number of allylic oxidation sites excluding steroid dienone is 6. The van der Waals surface area contributed by atoms with Crippen LogP contribution in [0.3, 0.4) is 0 Å². The Labute approximate surface area is 436 Å². The standard InChI is InChI=1S/C61H119N2O6P/c1-6-8-10-12-14-15-16-17-18-19-20-21-22-23-24-25-26-27-28-29-30-31-32-33-34-35-36-37-38-39-40-41-42-43-44-45-46-47-49-51-53-55-61(65)62-59(60(64)54-52-50-48-13-11-9-7-2)58-69-70(66,67)68-57-56-63(3,4)5/h16-17,19-20,22-23,59-60,64H,6-15,18,21,24-58H2,1-5H3,(H-,62,65,66,67)/b17-16-,20-19-,23-22-. The summed E-state index contributed by atoms with van der Waals surface area (Å²) in [6, 6.07) is -0.795. The molecule has 0 aromatic heterocycles. The minimum atomic E-state index is -4.56. The lowest BCUT2D eigenvalue weighted by Gasteiger charge is -2.30. The number of phosphoric acid groups is 1. The van der Waals surface area contributed by atoms with Crippen molar-refractivity contribution < 1.29 is 32.9 Å². The highest BCUT2D eigenvalue weighted by Gasteiger charge is 2.24. The number of aliphatic hydroxyl groups is 1. The summed E-state index contributed by atoms with van der Waals surface area (Å²) in [4.78, 5) is 25.3. The maximum absolute atomic E-state index is 12.9. The lowest BCUT2D eigenvalue weighted by Crippen LogP contribution is -2.46. The normalized spacial score (nSPS) is 14.1. The first-order valence-electron chi connectivity index (χ1n) is 30.3. The number of aliphatic hydroxyl groups excluding tert-OH is 1. The second kappa shape index (κ2) is 52.6. The Morgan fingerprint density at radius 2 is 0.829 bits per heavy atom. The molecule has 0 aliphatic carbocycles. The van der Waals surface area contributed by atoms with Gasteiger partial charge in [0.05, 0.1) is 39.9 Å². The molecule has 0 saturated carbocycles. The average Bonchev–Trinajstić information content (AvgIpc) is 3.32. The van der Waals surface area contributed by atoms with Crippen LogP contribution in [0.25, 0.3) is 0 Å². The molecule has 2 N–H and O–H groups in total. The highest BCUT2D eigenvalue weighted by molar-refractivity contribution is 7.45. The number of hydrogen-bond donors (Lipinski definition) is 2. The highest BCUT2D eigenvalue weighted by atomic mass is 31.2. The minimum Gasteiger partial charge on any atom is -0.756 e. The average molecular weight is 1010 g/mol. The van der Waals surface area contributed by atoms with Crippen molar-refractivity contribution >= 4 is 13.7 Å². The fourth-order valence-electron chi connectivity index (χ4n) is 9.11. The second-order valence-electron chi connectivity index (χ2n) is 22.1. The van der Waals surface area contributed by atoms with E-state index < -0.39 is 20.0 Å². The van der Waals surface area contributed by atoms with Gasteiger partial charge in [0.1, 0.15) is 13.2 Å². The molecule has 0 radical (unpaired) electrons. The van der Waals surface area contributed by atoms with Crippen LogP contribution in [0.15, 0.2) is 36.5 Å². The predicted molar refractivity (Wildman–Crippen MR) is 302 cm³/mol. The van der Waals surface area contributed by atoms with Crippen molar-refractivity contribution in [1.29, 1.82) is 0 Å². The van der Waals surface area contributed by atoms with E-state index in [-0.39, 0.29) is 19.1 Å². The zero-order valence-electron chi connectivity index (χ0n) is 47.2. The van der Waals surface area contributed by atoms with E-state index in [4.69, 9.17) is 9.05 Å². The third-order valence-corrected chi connectivity index (χ3v) is 14.8. The fourth-order valence-corrected chi connectivity index (χ4v) is 9.83. The van der Waals surface area contributed by atoms with Crippen molar-refractivity contribution in [2.75, 3.05) is 40.9 Å². The van der Waals surface area contributed by atoms with Crippen molar-refractivity contribution in [1.82, 2.24) is 5.32 Å². The molecular weight excluding hydrogens is 888 g/mol. The number of nitrogens with one attached hydrogen (secondary N) is 1. The van der Waals surface area contributed by atoms with Crippen molar-refractivity contribution in [3.8, 4) is 0 Å².